The van der Waals surface area contributed by atoms with Crippen molar-refractivity contribution in [2.24, 2.45) is 5.73 Å². The average molecular weight is 224 g/mol. The highest BCUT2D eigenvalue weighted by Gasteiger charge is 2.15. The Morgan fingerprint density at radius 3 is 2.88 bits per heavy atom. The molecule has 1 aromatic rings. The molecule has 0 aliphatic heterocycles. The second-order valence-electron chi connectivity index (χ2n) is 3.47. The topological polar surface area (TPSA) is 84.6 Å². The largest absolute Gasteiger partial charge is 0.504 e. The van der Waals surface area contributed by atoms with E-state index in [0.717, 1.165) is 0 Å². The smallest absolute Gasteiger partial charge is 0.255 e. The molecular formula is C11H16N2O3. The van der Waals surface area contributed by atoms with E-state index in [1.54, 1.807) is 19.1 Å². The van der Waals surface area contributed by atoms with Crippen LogP contribution in [0.3, 0.4) is 0 Å². The van der Waals surface area contributed by atoms with Crippen LogP contribution in [0.4, 0.5) is 0 Å². The quantitative estimate of drug-likeness (QED) is 0.694. The van der Waals surface area contributed by atoms with Gasteiger partial charge in [0.15, 0.2) is 11.5 Å². The zero-order valence-corrected chi connectivity index (χ0v) is 9.36. The number of nitrogens with one attached hydrogen (secondary N) is 1. The number of hydrogen-bond donors (Lipinski definition) is 3. The Morgan fingerprint density at radius 2 is 2.31 bits per heavy atom. The lowest BCUT2D eigenvalue weighted by Gasteiger charge is -2.13. The standard InChI is InChI=1S/C11H16N2O3/c1-7(6-12)13-11(15)8-4-3-5-9(16-2)10(8)14/h3-5,7,14H,6,12H2,1-2H3,(H,13,15). The number of phenolic OH excluding ortho intramolecular Hbond substituents is 1. The maximum Gasteiger partial charge on any atom is 0.255 e. The number of phenols is 1. The first-order valence-corrected chi connectivity index (χ1v) is 4.97. The van der Waals surface area contributed by atoms with E-state index in [0.29, 0.717) is 6.54 Å². The summed E-state index contributed by atoms with van der Waals surface area (Å²) in [5, 5.41) is 12.4. The number of carbonyl (C=O) groups excluding carboxylic acids is 1. The van der Waals surface area contributed by atoms with Crippen molar-refractivity contribution in [3.05, 3.63) is 23.8 Å². The van der Waals surface area contributed by atoms with Crippen LogP contribution in [0, 0.1) is 0 Å². The van der Waals surface area contributed by atoms with E-state index in [4.69, 9.17) is 10.5 Å². The van der Waals surface area contributed by atoms with Gasteiger partial charge in [-0.15, -0.1) is 0 Å². The molecule has 1 atom stereocenters. The van der Waals surface area contributed by atoms with Crippen LogP contribution in [0.25, 0.3) is 0 Å². The molecule has 1 rings (SSSR count). The Morgan fingerprint density at radius 1 is 1.62 bits per heavy atom. The Kier molecular flexibility index (Phi) is 4.13. The van der Waals surface area contributed by atoms with Gasteiger partial charge >= 0.3 is 0 Å². The summed E-state index contributed by atoms with van der Waals surface area (Å²) in [4.78, 5) is 11.7. The van der Waals surface area contributed by atoms with E-state index in [-0.39, 0.29) is 29.0 Å². The number of aromatic hydroxyl groups is 1. The summed E-state index contributed by atoms with van der Waals surface area (Å²) in [6.45, 7) is 2.13. The van der Waals surface area contributed by atoms with Gasteiger partial charge in [0.2, 0.25) is 0 Å². The van der Waals surface area contributed by atoms with Gasteiger partial charge in [0.1, 0.15) is 0 Å². The number of amides is 1. The van der Waals surface area contributed by atoms with Crippen molar-refractivity contribution >= 4 is 5.91 Å². The number of ether oxygens (including phenoxy) is 1. The van der Waals surface area contributed by atoms with Gasteiger partial charge in [-0.3, -0.25) is 4.79 Å². The number of nitrogens with two attached hydrogens (primary N) is 1. The fraction of sp³-hybridized carbons (Fsp3) is 0.364. The first kappa shape index (κ1) is 12.3. The minimum atomic E-state index is -0.366. The van der Waals surface area contributed by atoms with Crippen molar-refractivity contribution in [3.8, 4) is 11.5 Å². The van der Waals surface area contributed by atoms with Crippen molar-refractivity contribution in [1.29, 1.82) is 0 Å². The Bertz CT molecular complexity index is 379. The van der Waals surface area contributed by atoms with Crippen LogP contribution in [0.1, 0.15) is 17.3 Å². The van der Waals surface area contributed by atoms with Gasteiger partial charge in [-0.1, -0.05) is 6.07 Å². The summed E-state index contributed by atoms with van der Waals surface area (Å²) >= 11 is 0. The summed E-state index contributed by atoms with van der Waals surface area (Å²) in [6, 6.07) is 4.60. The molecule has 1 aromatic carbocycles. The maximum absolute atomic E-state index is 11.7. The third kappa shape index (κ3) is 2.64. The van der Waals surface area contributed by atoms with Gasteiger partial charge in [-0.25, -0.2) is 0 Å². The summed E-state index contributed by atoms with van der Waals surface area (Å²) in [7, 11) is 1.43. The third-order valence-corrected chi connectivity index (χ3v) is 2.19. The molecule has 16 heavy (non-hydrogen) atoms. The summed E-state index contributed by atoms with van der Waals surface area (Å²) in [5.41, 5.74) is 5.57. The first-order valence-electron chi connectivity index (χ1n) is 4.97. The van der Waals surface area contributed by atoms with E-state index in [2.05, 4.69) is 5.32 Å². The van der Waals surface area contributed by atoms with E-state index in [9.17, 15) is 9.90 Å². The number of methoxy groups -OCH3 is 1. The minimum Gasteiger partial charge on any atom is -0.504 e. The lowest BCUT2D eigenvalue weighted by molar-refractivity contribution is 0.0938. The average Bonchev–Trinajstić information content (AvgIpc) is 2.29. The van der Waals surface area contributed by atoms with E-state index < -0.39 is 0 Å². The van der Waals surface area contributed by atoms with Crippen molar-refractivity contribution in [2.75, 3.05) is 13.7 Å². The highest BCUT2D eigenvalue weighted by molar-refractivity contribution is 5.97. The number of carbonyl (C=O) groups is 1. The van der Waals surface area contributed by atoms with Crippen LogP contribution in [0.5, 0.6) is 11.5 Å². The number of benzene rings is 1. The highest BCUT2D eigenvalue weighted by atomic mass is 16.5. The van der Waals surface area contributed by atoms with E-state index in [1.807, 2.05) is 0 Å². The monoisotopic (exact) mass is 224 g/mol. The lowest BCUT2D eigenvalue weighted by Crippen LogP contribution is -2.37. The fourth-order valence-corrected chi connectivity index (χ4v) is 1.23. The summed E-state index contributed by atoms with van der Waals surface area (Å²) in [5.74, 6) is -0.255. The zero-order chi connectivity index (χ0) is 12.1. The van der Waals surface area contributed by atoms with Crippen LogP contribution in [-0.2, 0) is 0 Å². The molecule has 88 valence electrons. The highest BCUT2D eigenvalue weighted by Crippen LogP contribution is 2.29. The van der Waals surface area contributed by atoms with Gasteiger partial charge < -0.3 is 20.9 Å². The maximum atomic E-state index is 11.7. The lowest BCUT2D eigenvalue weighted by atomic mass is 10.1. The Hall–Kier alpha value is -1.75. The molecule has 0 saturated heterocycles. The third-order valence-electron chi connectivity index (χ3n) is 2.19. The molecule has 4 N–H and O–H groups in total. The SMILES string of the molecule is COc1cccc(C(=O)NC(C)CN)c1O. The van der Waals surface area contributed by atoms with Crippen molar-refractivity contribution in [2.45, 2.75) is 13.0 Å². The molecular weight excluding hydrogens is 208 g/mol. The van der Waals surface area contributed by atoms with Gasteiger partial charge in [0, 0.05) is 12.6 Å². The fourth-order valence-electron chi connectivity index (χ4n) is 1.23. The molecule has 0 spiro atoms. The molecule has 5 nitrogen and oxygen atoms in total. The molecule has 1 amide bonds. The molecule has 0 aromatic heterocycles. The summed E-state index contributed by atoms with van der Waals surface area (Å²) < 4.78 is 4.91. The number of para-hydroxylation sites is 1. The molecule has 0 fully saturated rings. The normalized spacial score (nSPS) is 11.9. The van der Waals surface area contributed by atoms with Gasteiger partial charge in [-0.05, 0) is 19.1 Å². The Balaban J connectivity index is 2.91. The van der Waals surface area contributed by atoms with Gasteiger partial charge in [0.05, 0.1) is 12.7 Å². The molecule has 0 aliphatic rings. The van der Waals surface area contributed by atoms with Crippen molar-refractivity contribution in [3.63, 3.8) is 0 Å². The molecule has 0 heterocycles. The van der Waals surface area contributed by atoms with E-state index >= 15 is 0 Å². The molecule has 1 unspecified atom stereocenters. The Labute approximate surface area is 94.2 Å². The first-order chi connectivity index (χ1) is 7.60. The summed E-state index contributed by atoms with van der Waals surface area (Å²) in [6.07, 6.45) is 0. The predicted molar refractivity (Wildman–Crippen MR) is 60.6 cm³/mol. The van der Waals surface area contributed by atoms with Gasteiger partial charge in [-0.2, -0.15) is 0 Å². The zero-order valence-electron chi connectivity index (χ0n) is 9.36. The number of hydrogen-bond acceptors (Lipinski definition) is 4. The van der Waals surface area contributed by atoms with Crippen LogP contribution >= 0.6 is 0 Å². The second-order valence-corrected chi connectivity index (χ2v) is 3.47. The van der Waals surface area contributed by atoms with E-state index in [1.165, 1.54) is 13.2 Å². The predicted octanol–water partition coefficient (Wildman–Crippen LogP) is 0.478. The molecule has 0 saturated carbocycles. The molecule has 5 heteroatoms. The van der Waals surface area contributed by atoms with Crippen LogP contribution in [0.2, 0.25) is 0 Å². The number of rotatable bonds is 4. The minimum absolute atomic E-state index is 0.141. The molecule has 0 aliphatic carbocycles. The molecule has 0 bridgehead atoms. The van der Waals surface area contributed by atoms with Crippen molar-refractivity contribution in [1.82, 2.24) is 5.32 Å². The van der Waals surface area contributed by atoms with Gasteiger partial charge in [0.25, 0.3) is 5.91 Å². The van der Waals surface area contributed by atoms with Crippen LogP contribution in [-0.4, -0.2) is 30.7 Å². The van der Waals surface area contributed by atoms with Crippen molar-refractivity contribution < 1.29 is 14.6 Å². The molecule has 0 radical (unpaired) electrons. The second kappa shape index (κ2) is 5.37. The van der Waals surface area contributed by atoms with Crippen LogP contribution in [0.15, 0.2) is 18.2 Å². The van der Waals surface area contributed by atoms with Crippen LogP contribution < -0.4 is 15.8 Å².